The number of aryl methyl sites for hydroxylation is 1. The van der Waals surface area contributed by atoms with Gasteiger partial charge >= 0.3 is 0 Å². The lowest BCUT2D eigenvalue weighted by Crippen LogP contribution is -1.99. The average molecular weight is 395 g/mol. The van der Waals surface area contributed by atoms with E-state index in [0.717, 1.165) is 18.7 Å². The summed E-state index contributed by atoms with van der Waals surface area (Å²) < 4.78 is 1.69. The number of rotatable bonds is 2. The largest absolute Gasteiger partial charge is 0.288 e. The SMILES string of the molecule is Cc1sc(C(=O)c2ccc(Cl)cc2Br)cc1Br. The molecule has 0 fully saturated rings. The molecule has 0 amide bonds. The lowest BCUT2D eigenvalue weighted by molar-refractivity contribution is 0.104. The molecule has 0 aliphatic carbocycles. The summed E-state index contributed by atoms with van der Waals surface area (Å²) in [5.74, 6) is 0.00680. The van der Waals surface area contributed by atoms with Gasteiger partial charge in [0.2, 0.25) is 5.78 Å². The van der Waals surface area contributed by atoms with Crippen molar-refractivity contribution in [2.45, 2.75) is 6.92 Å². The number of halogens is 3. The minimum absolute atomic E-state index is 0.00680. The Bertz CT molecular complexity index is 573. The van der Waals surface area contributed by atoms with Gasteiger partial charge in [0.15, 0.2) is 0 Å². The van der Waals surface area contributed by atoms with Crippen LogP contribution in [-0.4, -0.2) is 5.78 Å². The van der Waals surface area contributed by atoms with Crippen LogP contribution in [0.1, 0.15) is 20.1 Å². The summed E-state index contributed by atoms with van der Waals surface area (Å²) in [6, 6.07) is 7.03. The number of hydrogen-bond acceptors (Lipinski definition) is 2. The Morgan fingerprint density at radius 3 is 2.47 bits per heavy atom. The molecule has 0 spiro atoms. The molecule has 17 heavy (non-hydrogen) atoms. The van der Waals surface area contributed by atoms with E-state index < -0.39 is 0 Å². The molecule has 2 rings (SSSR count). The molecule has 0 atom stereocenters. The van der Waals surface area contributed by atoms with Crippen LogP contribution in [0.25, 0.3) is 0 Å². The highest BCUT2D eigenvalue weighted by molar-refractivity contribution is 9.10. The van der Waals surface area contributed by atoms with Crippen molar-refractivity contribution in [3.8, 4) is 0 Å². The molecule has 88 valence electrons. The van der Waals surface area contributed by atoms with Gasteiger partial charge in [-0.3, -0.25) is 4.79 Å². The van der Waals surface area contributed by atoms with Crippen molar-refractivity contribution in [3.63, 3.8) is 0 Å². The van der Waals surface area contributed by atoms with Crippen LogP contribution in [0.2, 0.25) is 5.02 Å². The second-order valence-corrected chi connectivity index (χ2v) is 6.87. The second-order valence-electron chi connectivity index (χ2n) is 3.47. The van der Waals surface area contributed by atoms with Crippen LogP contribution in [0.4, 0.5) is 0 Å². The Morgan fingerprint density at radius 2 is 1.94 bits per heavy atom. The van der Waals surface area contributed by atoms with Crippen LogP contribution in [0, 0.1) is 6.92 Å². The number of benzene rings is 1. The van der Waals surface area contributed by atoms with Crippen LogP contribution < -0.4 is 0 Å². The molecule has 0 aliphatic rings. The monoisotopic (exact) mass is 392 g/mol. The first kappa shape index (κ1) is 13.3. The van der Waals surface area contributed by atoms with Gasteiger partial charge in [0.05, 0.1) is 4.88 Å². The molecule has 2 aromatic rings. The summed E-state index contributed by atoms with van der Waals surface area (Å²) >= 11 is 14.1. The van der Waals surface area contributed by atoms with E-state index in [0.29, 0.717) is 10.6 Å². The summed E-state index contributed by atoms with van der Waals surface area (Å²) in [7, 11) is 0. The maximum Gasteiger partial charge on any atom is 0.204 e. The standard InChI is InChI=1S/C12H7Br2ClOS/c1-6-9(13)5-11(17-6)12(16)8-3-2-7(15)4-10(8)14/h2-5H,1H3. The van der Waals surface area contributed by atoms with E-state index in [1.165, 1.54) is 11.3 Å². The second kappa shape index (κ2) is 5.22. The lowest BCUT2D eigenvalue weighted by Gasteiger charge is -2.02. The highest BCUT2D eigenvalue weighted by Gasteiger charge is 2.16. The Morgan fingerprint density at radius 1 is 1.24 bits per heavy atom. The summed E-state index contributed by atoms with van der Waals surface area (Å²) in [6.07, 6.45) is 0. The molecule has 5 heteroatoms. The summed E-state index contributed by atoms with van der Waals surface area (Å²) in [5, 5.41) is 0.608. The van der Waals surface area contributed by atoms with Crippen molar-refractivity contribution in [3.05, 3.63) is 53.6 Å². The van der Waals surface area contributed by atoms with Crippen LogP contribution in [0.3, 0.4) is 0 Å². The van der Waals surface area contributed by atoms with Crippen LogP contribution in [0.15, 0.2) is 33.2 Å². The molecule has 0 saturated heterocycles. The van der Waals surface area contributed by atoms with Crippen LogP contribution >= 0.6 is 54.8 Å². The maximum absolute atomic E-state index is 12.3. The third-order valence-corrected chi connectivity index (χ3v) is 5.28. The molecule has 0 saturated carbocycles. The van der Waals surface area contributed by atoms with Crippen LogP contribution in [0.5, 0.6) is 0 Å². The maximum atomic E-state index is 12.3. The lowest BCUT2D eigenvalue weighted by atomic mass is 10.1. The van der Waals surface area contributed by atoms with Gasteiger partial charge < -0.3 is 0 Å². The Hall–Kier alpha value is -0.160. The van der Waals surface area contributed by atoms with Gasteiger partial charge in [-0.1, -0.05) is 11.6 Å². The first-order valence-corrected chi connectivity index (χ1v) is 7.53. The van der Waals surface area contributed by atoms with Crippen LogP contribution in [-0.2, 0) is 0 Å². The highest BCUT2D eigenvalue weighted by atomic mass is 79.9. The number of carbonyl (C=O) groups is 1. The minimum atomic E-state index is 0.00680. The zero-order valence-electron chi connectivity index (χ0n) is 8.76. The van der Waals surface area contributed by atoms with Gasteiger partial charge in [-0.15, -0.1) is 11.3 Å². The first-order valence-electron chi connectivity index (χ1n) is 4.74. The molecule has 0 bridgehead atoms. The quantitative estimate of drug-likeness (QED) is 0.618. The zero-order valence-corrected chi connectivity index (χ0v) is 13.5. The summed E-state index contributed by atoms with van der Waals surface area (Å²) in [5.41, 5.74) is 0.628. The Labute approximate surface area is 125 Å². The van der Waals surface area contributed by atoms with Crippen molar-refractivity contribution in [2.24, 2.45) is 0 Å². The van der Waals surface area contributed by atoms with Crippen molar-refractivity contribution in [1.82, 2.24) is 0 Å². The Kier molecular flexibility index (Phi) is 4.08. The fourth-order valence-electron chi connectivity index (χ4n) is 1.38. The Balaban J connectivity index is 2.43. The predicted molar refractivity (Wildman–Crippen MR) is 79.3 cm³/mol. The van der Waals surface area contributed by atoms with Gasteiger partial charge in [-0.2, -0.15) is 0 Å². The van der Waals surface area contributed by atoms with Crippen molar-refractivity contribution in [2.75, 3.05) is 0 Å². The smallest absolute Gasteiger partial charge is 0.204 e. The third-order valence-electron chi connectivity index (χ3n) is 2.26. The molecular formula is C12H7Br2ClOS. The minimum Gasteiger partial charge on any atom is -0.288 e. The fraction of sp³-hybridized carbons (Fsp3) is 0.0833. The molecule has 0 N–H and O–H groups in total. The topological polar surface area (TPSA) is 17.1 Å². The van der Waals surface area contributed by atoms with E-state index in [1.54, 1.807) is 18.2 Å². The van der Waals surface area contributed by atoms with Gasteiger partial charge in [-0.05, 0) is 63.0 Å². The number of carbonyl (C=O) groups excluding carboxylic acids is 1. The van der Waals surface area contributed by atoms with E-state index in [-0.39, 0.29) is 5.78 Å². The van der Waals surface area contributed by atoms with Gasteiger partial charge in [-0.25, -0.2) is 0 Å². The van der Waals surface area contributed by atoms with E-state index in [4.69, 9.17) is 11.6 Å². The summed E-state index contributed by atoms with van der Waals surface area (Å²) in [4.78, 5) is 14.1. The van der Waals surface area contributed by atoms with Crippen molar-refractivity contribution >= 4 is 60.6 Å². The van der Waals surface area contributed by atoms with E-state index in [9.17, 15) is 4.79 Å². The van der Waals surface area contributed by atoms with E-state index in [1.807, 2.05) is 13.0 Å². The number of thiophene rings is 1. The van der Waals surface area contributed by atoms with Gasteiger partial charge in [0.25, 0.3) is 0 Å². The summed E-state index contributed by atoms with van der Waals surface area (Å²) in [6.45, 7) is 1.97. The van der Waals surface area contributed by atoms with E-state index in [2.05, 4.69) is 31.9 Å². The number of hydrogen-bond donors (Lipinski definition) is 0. The normalized spacial score (nSPS) is 10.6. The molecule has 1 nitrogen and oxygen atoms in total. The van der Waals surface area contributed by atoms with Crippen molar-refractivity contribution in [1.29, 1.82) is 0 Å². The molecule has 1 aromatic carbocycles. The third kappa shape index (κ3) is 2.81. The van der Waals surface area contributed by atoms with Gasteiger partial charge in [0.1, 0.15) is 0 Å². The average Bonchev–Trinajstić information content (AvgIpc) is 2.58. The molecule has 0 radical (unpaired) electrons. The zero-order chi connectivity index (χ0) is 12.6. The fourth-order valence-corrected chi connectivity index (χ4v) is 3.73. The highest BCUT2D eigenvalue weighted by Crippen LogP contribution is 2.30. The molecule has 0 aliphatic heterocycles. The van der Waals surface area contributed by atoms with Gasteiger partial charge in [0, 0.05) is 24.4 Å². The number of ketones is 1. The molecule has 0 unspecified atom stereocenters. The van der Waals surface area contributed by atoms with E-state index >= 15 is 0 Å². The molecule has 1 aromatic heterocycles. The molecular weight excluding hydrogens is 387 g/mol. The first-order chi connectivity index (χ1) is 7.99. The molecule has 1 heterocycles. The van der Waals surface area contributed by atoms with Crippen molar-refractivity contribution < 1.29 is 4.79 Å². The predicted octanol–water partition coefficient (Wildman–Crippen LogP) is 5.47.